The van der Waals surface area contributed by atoms with Gasteiger partial charge in [0.25, 0.3) is 0 Å². The van der Waals surface area contributed by atoms with Gasteiger partial charge in [0.05, 0.1) is 0 Å². The van der Waals surface area contributed by atoms with Gasteiger partial charge in [-0.2, -0.15) is 0 Å². The first kappa shape index (κ1) is 8.48. The van der Waals surface area contributed by atoms with Gasteiger partial charge in [0.2, 0.25) is 0 Å². The van der Waals surface area contributed by atoms with Crippen molar-refractivity contribution in [1.29, 1.82) is 0 Å². The molecule has 0 saturated carbocycles. The minimum atomic E-state index is -0.304. The van der Waals surface area contributed by atoms with Gasteiger partial charge in [0.1, 0.15) is 0 Å². The van der Waals surface area contributed by atoms with Crippen LogP contribution in [-0.4, -0.2) is 9.87 Å². The van der Waals surface area contributed by atoms with Crippen molar-refractivity contribution < 1.29 is 5.11 Å². The lowest BCUT2D eigenvalue weighted by Crippen LogP contribution is -1.82. The van der Waals surface area contributed by atoms with E-state index in [1.165, 1.54) is 44.4 Å². The third-order valence-electron chi connectivity index (χ3n) is 2.02. The molecule has 64 valence electrons. The summed E-state index contributed by atoms with van der Waals surface area (Å²) in [6.45, 7) is 4.21. The van der Waals surface area contributed by atoms with E-state index in [1.807, 2.05) is 0 Å². The number of rotatable bonds is 0. The van der Waals surface area contributed by atoms with Gasteiger partial charge in [0.15, 0.2) is 4.77 Å². The van der Waals surface area contributed by atoms with Crippen LogP contribution in [0.5, 0.6) is 0 Å². The molecule has 2 rings (SSSR count). The highest BCUT2D eigenvalue weighted by atomic mass is 32.2. The molecule has 0 atom stereocenters. The molecule has 0 radical (unpaired) electrons. The second-order valence-corrected chi connectivity index (χ2v) is 5.47. The Morgan fingerprint density at radius 2 is 1.50 bits per heavy atom. The molecule has 0 aliphatic carbocycles. The molecule has 1 aromatic rings. The third-order valence-corrected chi connectivity index (χ3v) is 4.31. The average Bonchev–Trinajstić information content (AvgIpc) is 2.30. The van der Waals surface area contributed by atoms with Crippen molar-refractivity contribution in [3.8, 4) is 0 Å². The molecule has 3 heteroatoms. The molecule has 0 spiro atoms. The molecule has 1 N–H and O–H groups in total. The van der Waals surface area contributed by atoms with Crippen molar-refractivity contribution in [2.24, 2.45) is 0 Å². The van der Waals surface area contributed by atoms with Crippen LogP contribution in [0.3, 0.4) is 0 Å². The predicted molar refractivity (Wildman–Crippen MR) is 53.6 cm³/mol. The lowest BCUT2D eigenvalue weighted by Gasteiger charge is -2.02. The van der Waals surface area contributed by atoms with Crippen LogP contribution in [0.1, 0.15) is 11.1 Å². The highest BCUT2D eigenvalue weighted by Gasteiger charge is 2.21. The van der Waals surface area contributed by atoms with Gasteiger partial charge in [-0.05, 0) is 37.1 Å². The SMILES string of the molecule is Cc1cc2c(cc1C)SC(O)S2. The quantitative estimate of drug-likeness (QED) is 0.692. The van der Waals surface area contributed by atoms with Crippen LogP contribution in [-0.2, 0) is 0 Å². The molecule has 1 heterocycles. The number of aliphatic hydroxyl groups excluding tert-OH is 1. The summed E-state index contributed by atoms with van der Waals surface area (Å²) in [4.78, 5) is 2.44. The first-order valence-corrected chi connectivity index (χ1v) is 5.55. The zero-order valence-corrected chi connectivity index (χ0v) is 8.63. The molecule has 12 heavy (non-hydrogen) atoms. The van der Waals surface area contributed by atoms with Crippen molar-refractivity contribution >= 4 is 23.5 Å². The summed E-state index contributed by atoms with van der Waals surface area (Å²) in [6, 6.07) is 4.30. The van der Waals surface area contributed by atoms with Gasteiger partial charge in [-0.3, -0.25) is 0 Å². The summed E-state index contributed by atoms with van der Waals surface area (Å²) in [5.41, 5.74) is 2.60. The molecular formula is C9H10OS2. The Balaban J connectivity index is 2.48. The van der Waals surface area contributed by atoms with Crippen LogP contribution in [0.25, 0.3) is 0 Å². The summed E-state index contributed by atoms with van der Waals surface area (Å²) in [5, 5.41) is 9.36. The van der Waals surface area contributed by atoms with E-state index in [1.54, 1.807) is 0 Å². The van der Waals surface area contributed by atoms with Gasteiger partial charge in [-0.15, -0.1) is 0 Å². The molecule has 0 amide bonds. The van der Waals surface area contributed by atoms with Gasteiger partial charge >= 0.3 is 0 Å². The van der Waals surface area contributed by atoms with Gasteiger partial charge in [-0.25, -0.2) is 0 Å². The van der Waals surface area contributed by atoms with Crippen LogP contribution in [0.2, 0.25) is 0 Å². The fraction of sp³-hybridized carbons (Fsp3) is 0.333. The van der Waals surface area contributed by atoms with E-state index in [0.717, 1.165) is 0 Å². The number of hydrogen-bond acceptors (Lipinski definition) is 3. The number of hydrogen-bond donors (Lipinski definition) is 1. The number of aliphatic hydroxyl groups is 1. The Hall–Kier alpha value is -0.120. The van der Waals surface area contributed by atoms with Gasteiger partial charge in [-0.1, -0.05) is 23.5 Å². The number of fused-ring (bicyclic) bond motifs is 1. The van der Waals surface area contributed by atoms with E-state index in [-0.39, 0.29) is 4.77 Å². The summed E-state index contributed by atoms with van der Waals surface area (Å²) in [6.07, 6.45) is 0. The van der Waals surface area contributed by atoms with E-state index in [2.05, 4.69) is 26.0 Å². The minimum absolute atomic E-state index is 0.304. The van der Waals surface area contributed by atoms with Gasteiger partial charge < -0.3 is 5.11 Å². The fourth-order valence-corrected chi connectivity index (χ4v) is 3.57. The van der Waals surface area contributed by atoms with E-state index in [0.29, 0.717) is 0 Å². The Kier molecular flexibility index (Phi) is 2.10. The predicted octanol–water partition coefficient (Wildman–Crippen LogP) is 2.78. The number of benzene rings is 1. The fourth-order valence-electron chi connectivity index (χ4n) is 1.19. The molecule has 1 aliphatic rings. The smallest absolute Gasteiger partial charge is 0.155 e. The maximum Gasteiger partial charge on any atom is 0.155 e. The lowest BCUT2D eigenvalue weighted by molar-refractivity contribution is 0.347. The lowest BCUT2D eigenvalue weighted by atomic mass is 10.1. The van der Waals surface area contributed by atoms with Crippen LogP contribution in [0.15, 0.2) is 21.9 Å². The number of aryl methyl sites for hydroxylation is 2. The average molecular weight is 198 g/mol. The zero-order valence-electron chi connectivity index (χ0n) is 7.00. The first-order valence-electron chi connectivity index (χ1n) is 3.79. The van der Waals surface area contributed by atoms with E-state index >= 15 is 0 Å². The number of thioether (sulfide) groups is 2. The second-order valence-electron chi connectivity index (χ2n) is 2.93. The van der Waals surface area contributed by atoms with Crippen molar-refractivity contribution in [1.82, 2.24) is 0 Å². The Labute approximate surface area is 80.6 Å². The molecular weight excluding hydrogens is 188 g/mol. The Morgan fingerprint density at radius 3 is 1.92 bits per heavy atom. The standard InChI is InChI=1S/C9H10OS2/c1-5-3-7-8(4-6(5)2)12-9(10)11-7/h3-4,9-10H,1-2H3. The van der Waals surface area contributed by atoms with Crippen LogP contribution < -0.4 is 0 Å². The Morgan fingerprint density at radius 1 is 1.08 bits per heavy atom. The van der Waals surface area contributed by atoms with Crippen LogP contribution >= 0.6 is 23.5 Å². The minimum Gasteiger partial charge on any atom is -0.372 e. The van der Waals surface area contributed by atoms with Gasteiger partial charge in [0, 0.05) is 9.79 Å². The van der Waals surface area contributed by atoms with Crippen molar-refractivity contribution in [2.75, 3.05) is 0 Å². The van der Waals surface area contributed by atoms with E-state index in [9.17, 15) is 5.11 Å². The zero-order chi connectivity index (χ0) is 8.72. The molecule has 0 fully saturated rings. The molecule has 1 aromatic carbocycles. The summed E-state index contributed by atoms with van der Waals surface area (Å²) in [5.74, 6) is 0. The molecule has 0 bridgehead atoms. The second kappa shape index (κ2) is 2.98. The van der Waals surface area contributed by atoms with Crippen LogP contribution in [0, 0.1) is 13.8 Å². The Bertz CT molecular complexity index is 292. The third kappa shape index (κ3) is 1.37. The topological polar surface area (TPSA) is 20.2 Å². The van der Waals surface area contributed by atoms with Crippen LogP contribution in [0.4, 0.5) is 0 Å². The summed E-state index contributed by atoms with van der Waals surface area (Å²) in [7, 11) is 0. The van der Waals surface area contributed by atoms with Crippen molar-refractivity contribution in [3.63, 3.8) is 0 Å². The highest BCUT2D eigenvalue weighted by Crippen LogP contribution is 2.47. The maximum absolute atomic E-state index is 9.36. The molecule has 0 unspecified atom stereocenters. The molecule has 1 aliphatic heterocycles. The van der Waals surface area contributed by atoms with Crippen molar-refractivity contribution in [3.05, 3.63) is 23.3 Å². The van der Waals surface area contributed by atoms with E-state index < -0.39 is 0 Å². The monoisotopic (exact) mass is 198 g/mol. The maximum atomic E-state index is 9.36. The molecule has 1 nitrogen and oxygen atoms in total. The highest BCUT2D eigenvalue weighted by molar-refractivity contribution is 8.19. The summed E-state index contributed by atoms with van der Waals surface area (Å²) < 4.78 is -0.304. The van der Waals surface area contributed by atoms with E-state index in [4.69, 9.17) is 0 Å². The molecule has 0 aromatic heterocycles. The summed E-state index contributed by atoms with van der Waals surface area (Å²) >= 11 is 3.06. The normalized spacial score (nSPS) is 16.6. The molecule has 0 saturated heterocycles. The first-order chi connectivity index (χ1) is 5.66. The van der Waals surface area contributed by atoms with Crippen molar-refractivity contribution in [2.45, 2.75) is 28.4 Å². The largest absolute Gasteiger partial charge is 0.372 e.